The van der Waals surface area contributed by atoms with Crippen LogP contribution in [0.15, 0.2) is 0 Å². The van der Waals surface area contributed by atoms with Crippen molar-refractivity contribution in [2.75, 3.05) is 6.54 Å². The lowest BCUT2D eigenvalue weighted by Crippen LogP contribution is -2.42. The fraction of sp³-hybridized carbons (Fsp3) is 0.857. The van der Waals surface area contributed by atoms with Crippen molar-refractivity contribution < 1.29 is 9.90 Å². The molecule has 2 N–H and O–H groups in total. The first-order valence-electron chi connectivity index (χ1n) is 3.75. The average molecular weight is 141 g/mol. The van der Waals surface area contributed by atoms with Crippen LogP contribution in [0.5, 0.6) is 0 Å². The monoisotopic (exact) mass is 141 g/mol. The van der Waals surface area contributed by atoms with E-state index in [0.717, 1.165) is 18.9 Å². The SMILES string of the molecule is O=C(O)[C@@H]1NCC[C@H]2C[C@H]21. The normalized spacial score (nSPS) is 44.2. The summed E-state index contributed by atoms with van der Waals surface area (Å²) < 4.78 is 0. The van der Waals surface area contributed by atoms with Crippen LogP contribution in [0.1, 0.15) is 12.8 Å². The van der Waals surface area contributed by atoms with Gasteiger partial charge in [0.2, 0.25) is 0 Å². The fourth-order valence-corrected chi connectivity index (χ4v) is 1.86. The second-order valence-corrected chi connectivity index (χ2v) is 3.22. The van der Waals surface area contributed by atoms with Gasteiger partial charge >= 0.3 is 5.97 Å². The number of fused-ring (bicyclic) bond motifs is 1. The van der Waals surface area contributed by atoms with Gasteiger partial charge in [0.05, 0.1) is 0 Å². The highest BCUT2D eigenvalue weighted by molar-refractivity contribution is 5.74. The minimum Gasteiger partial charge on any atom is -0.480 e. The Morgan fingerprint density at radius 1 is 1.60 bits per heavy atom. The molecule has 0 aromatic heterocycles. The van der Waals surface area contributed by atoms with Crippen molar-refractivity contribution in [3.8, 4) is 0 Å². The summed E-state index contributed by atoms with van der Waals surface area (Å²) >= 11 is 0. The Morgan fingerprint density at radius 2 is 2.40 bits per heavy atom. The van der Waals surface area contributed by atoms with Gasteiger partial charge in [-0.25, -0.2) is 0 Å². The first kappa shape index (κ1) is 6.16. The summed E-state index contributed by atoms with van der Waals surface area (Å²) in [5.74, 6) is 0.501. The van der Waals surface area contributed by atoms with Crippen molar-refractivity contribution in [1.82, 2.24) is 5.32 Å². The molecule has 1 aliphatic heterocycles. The molecule has 0 radical (unpaired) electrons. The number of rotatable bonds is 1. The first-order valence-corrected chi connectivity index (χ1v) is 3.75. The number of aliphatic carboxylic acids is 1. The smallest absolute Gasteiger partial charge is 0.320 e. The van der Waals surface area contributed by atoms with Gasteiger partial charge in [0.25, 0.3) is 0 Å². The minimum atomic E-state index is -0.674. The maximum absolute atomic E-state index is 10.5. The molecule has 0 bridgehead atoms. The van der Waals surface area contributed by atoms with E-state index in [1.807, 2.05) is 0 Å². The molecule has 3 heteroatoms. The summed E-state index contributed by atoms with van der Waals surface area (Å²) in [4.78, 5) is 10.5. The van der Waals surface area contributed by atoms with Gasteiger partial charge in [-0.05, 0) is 31.2 Å². The molecule has 2 aliphatic rings. The molecule has 56 valence electrons. The van der Waals surface area contributed by atoms with E-state index in [2.05, 4.69) is 5.32 Å². The van der Waals surface area contributed by atoms with Crippen LogP contribution < -0.4 is 5.32 Å². The number of nitrogens with one attached hydrogen (secondary N) is 1. The van der Waals surface area contributed by atoms with Crippen LogP contribution in [0, 0.1) is 11.8 Å². The maximum atomic E-state index is 10.5. The molecular weight excluding hydrogens is 130 g/mol. The number of carboxylic acid groups (broad SMARTS) is 1. The summed E-state index contributed by atoms with van der Waals surface area (Å²) in [6.07, 6.45) is 2.30. The Kier molecular flexibility index (Phi) is 1.20. The summed E-state index contributed by atoms with van der Waals surface area (Å²) in [6.45, 7) is 0.887. The first-order chi connectivity index (χ1) is 4.79. The molecule has 0 unspecified atom stereocenters. The average Bonchev–Trinajstić information content (AvgIpc) is 2.63. The lowest BCUT2D eigenvalue weighted by molar-refractivity contribution is -0.140. The Bertz CT molecular complexity index is 169. The zero-order valence-electron chi connectivity index (χ0n) is 5.71. The molecule has 2 rings (SSSR count). The number of hydrogen-bond acceptors (Lipinski definition) is 2. The van der Waals surface area contributed by atoms with E-state index in [-0.39, 0.29) is 6.04 Å². The van der Waals surface area contributed by atoms with E-state index in [9.17, 15) is 4.79 Å². The molecule has 0 aromatic rings. The van der Waals surface area contributed by atoms with E-state index in [0.29, 0.717) is 5.92 Å². The molecule has 0 spiro atoms. The quantitative estimate of drug-likeness (QED) is 0.543. The van der Waals surface area contributed by atoms with Crippen LogP contribution in [0.2, 0.25) is 0 Å². The Hall–Kier alpha value is -0.570. The van der Waals surface area contributed by atoms with Crippen LogP contribution in [-0.4, -0.2) is 23.7 Å². The molecule has 0 amide bonds. The van der Waals surface area contributed by atoms with Gasteiger partial charge in [0, 0.05) is 0 Å². The third-order valence-corrected chi connectivity index (χ3v) is 2.55. The van der Waals surface area contributed by atoms with Crippen LogP contribution >= 0.6 is 0 Å². The van der Waals surface area contributed by atoms with Crippen molar-refractivity contribution in [3.05, 3.63) is 0 Å². The number of hydrogen-bond donors (Lipinski definition) is 2. The lowest BCUT2D eigenvalue weighted by Gasteiger charge is -2.18. The number of carboxylic acids is 1. The highest BCUT2D eigenvalue weighted by Crippen LogP contribution is 2.45. The van der Waals surface area contributed by atoms with Crippen molar-refractivity contribution in [2.24, 2.45) is 11.8 Å². The predicted molar refractivity (Wildman–Crippen MR) is 35.6 cm³/mol. The molecule has 1 saturated carbocycles. The van der Waals surface area contributed by atoms with Gasteiger partial charge in [0.1, 0.15) is 6.04 Å². The molecular formula is C7H11NO2. The van der Waals surface area contributed by atoms with Gasteiger partial charge in [-0.1, -0.05) is 0 Å². The highest BCUT2D eigenvalue weighted by atomic mass is 16.4. The van der Waals surface area contributed by atoms with Gasteiger partial charge < -0.3 is 10.4 Å². The highest BCUT2D eigenvalue weighted by Gasteiger charge is 2.48. The van der Waals surface area contributed by atoms with Crippen molar-refractivity contribution >= 4 is 5.97 Å². The molecule has 10 heavy (non-hydrogen) atoms. The second-order valence-electron chi connectivity index (χ2n) is 3.22. The van der Waals surface area contributed by atoms with Crippen LogP contribution in [-0.2, 0) is 4.79 Å². The van der Waals surface area contributed by atoms with Crippen molar-refractivity contribution in [1.29, 1.82) is 0 Å². The maximum Gasteiger partial charge on any atom is 0.320 e. The zero-order valence-corrected chi connectivity index (χ0v) is 5.71. The van der Waals surface area contributed by atoms with Gasteiger partial charge in [-0.15, -0.1) is 0 Å². The number of piperidine rings is 1. The van der Waals surface area contributed by atoms with E-state index in [1.54, 1.807) is 0 Å². The molecule has 1 aliphatic carbocycles. The standard InChI is InChI=1S/C7H11NO2/c9-7(10)6-5-3-4(5)1-2-8-6/h4-6,8H,1-3H2,(H,9,10)/t4-,5+,6+/m0/s1. The minimum absolute atomic E-state index is 0.237. The predicted octanol–water partition coefficient (Wildman–Crippen LogP) is 0.0690. The Labute approximate surface area is 59.4 Å². The topological polar surface area (TPSA) is 49.3 Å². The van der Waals surface area contributed by atoms with Gasteiger partial charge in [-0.3, -0.25) is 4.79 Å². The molecule has 1 saturated heterocycles. The molecule has 3 atom stereocenters. The summed E-state index contributed by atoms with van der Waals surface area (Å²) in [5, 5.41) is 11.7. The number of carbonyl (C=O) groups is 1. The van der Waals surface area contributed by atoms with E-state index in [4.69, 9.17) is 5.11 Å². The lowest BCUT2D eigenvalue weighted by atomic mass is 10.1. The molecule has 3 nitrogen and oxygen atoms in total. The second kappa shape index (κ2) is 1.95. The summed E-state index contributed by atoms with van der Waals surface area (Å²) in [6, 6.07) is -0.237. The van der Waals surface area contributed by atoms with E-state index < -0.39 is 5.97 Å². The van der Waals surface area contributed by atoms with E-state index in [1.165, 1.54) is 6.42 Å². The molecule has 2 fully saturated rings. The summed E-state index contributed by atoms with van der Waals surface area (Å²) in [5.41, 5.74) is 0. The van der Waals surface area contributed by atoms with Crippen LogP contribution in [0.3, 0.4) is 0 Å². The van der Waals surface area contributed by atoms with Crippen molar-refractivity contribution in [3.63, 3.8) is 0 Å². The molecule has 1 heterocycles. The van der Waals surface area contributed by atoms with Crippen LogP contribution in [0.4, 0.5) is 0 Å². The third-order valence-electron chi connectivity index (χ3n) is 2.55. The Balaban J connectivity index is 2.02. The van der Waals surface area contributed by atoms with Gasteiger partial charge in [0.15, 0.2) is 0 Å². The zero-order chi connectivity index (χ0) is 7.14. The van der Waals surface area contributed by atoms with Gasteiger partial charge in [-0.2, -0.15) is 0 Å². The van der Waals surface area contributed by atoms with E-state index >= 15 is 0 Å². The summed E-state index contributed by atoms with van der Waals surface area (Å²) in [7, 11) is 0. The van der Waals surface area contributed by atoms with Crippen molar-refractivity contribution in [2.45, 2.75) is 18.9 Å². The Morgan fingerprint density at radius 3 is 3.00 bits per heavy atom. The largest absolute Gasteiger partial charge is 0.480 e. The fourth-order valence-electron chi connectivity index (χ4n) is 1.86. The van der Waals surface area contributed by atoms with Crippen LogP contribution in [0.25, 0.3) is 0 Å². The third kappa shape index (κ3) is 0.814. The molecule has 0 aromatic carbocycles.